The van der Waals surface area contributed by atoms with E-state index < -0.39 is 22.7 Å². The molecule has 0 aromatic rings. The second kappa shape index (κ2) is 4.15. The van der Waals surface area contributed by atoms with E-state index in [0.717, 1.165) is 17.1 Å². The van der Waals surface area contributed by atoms with Gasteiger partial charge in [0.15, 0.2) is 0 Å². The lowest BCUT2D eigenvalue weighted by molar-refractivity contribution is -0.141. The molecule has 0 aliphatic carbocycles. The smallest absolute Gasteiger partial charge is 0.254 e. The third kappa shape index (κ3) is 2.67. The molecule has 2 N–H and O–H groups in total. The summed E-state index contributed by atoms with van der Waals surface area (Å²) >= 11 is 1.36. The average molecular weight is 256 g/mol. The minimum Gasteiger partial charge on any atom is -0.379 e. The Morgan fingerprint density at radius 1 is 1.53 bits per heavy atom. The highest BCUT2D eigenvalue weighted by Crippen LogP contribution is 2.50. The zero-order chi connectivity index (χ0) is 12.6. The first-order valence-electron chi connectivity index (χ1n) is 5.10. The molecule has 0 aromatic carbocycles. The van der Waals surface area contributed by atoms with E-state index in [1.165, 1.54) is 11.8 Å². The molecule has 1 saturated heterocycles. The molecule has 17 heavy (non-hydrogen) atoms. The van der Waals surface area contributed by atoms with E-state index >= 15 is 0 Å². The van der Waals surface area contributed by atoms with Crippen LogP contribution in [-0.2, 0) is 14.4 Å². The molecule has 2 aliphatic heterocycles. The number of hydrogen-bond acceptors (Lipinski definition) is 5. The summed E-state index contributed by atoms with van der Waals surface area (Å²) in [6, 6.07) is 0. The molecule has 2 rings (SSSR count). The SMILES string of the molecule is C[C@]1(O)SC1CNC(=O)CN1C(=O)C=CC1=O. The second-order valence-electron chi connectivity index (χ2n) is 4.06. The van der Waals surface area contributed by atoms with Crippen molar-refractivity contribution >= 4 is 29.5 Å². The molecule has 2 atom stereocenters. The molecule has 6 nitrogen and oxygen atoms in total. The van der Waals surface area contributed by atoms with Gasteiger partial charge in [0.05, 0.1) is 5.25 Å². The van der Waals surface area contributed by atoms with Crippen molar-refractivity contribution in [2.45, 2.75) is 17.1 Å². The van der Waals surface area contributed by atoms with Crippen molar-refractivity contribution in [1.82, 2.24) is 10.2 Å². The predicted molar refractivity (Wildman–Crippen MR) is 60.9 cm³/mol. The van der Waals surface area contributed by atoms with Gasteiger partial charge in [-0.05, 0) is 6.92 Å². The van der Waals surface area contributed by atoms with Gasteiger partial charge in [-0.1, -0.05) is 0 Å². The molecule has 1 fully saturated rings. The second-order valence-corrected chi connectivity index (χ2v) is 5.69. The van der Waals surface area contributed by atoms with Crippen molar-refractivity contribution in [2.24, 2.45) is 0 Å². The maximum Gasteiger partial charge on any atom is 0.254 e. The molecule has 0 radical (unpaired) electrons. The van der Waals surface area contributed by atoms with Crippen molar-refractivity contribution in [1.29, 1.82) is 0 Å². The van der Waals surface area contributed by atoms with E-state index in [0.29, 0.717) is 6.54 Å². The number of carbonyl (C=O) groups is 3. The van der Waals surface area contributed by atoms with Crippen LogP contribution in [0.4, 0.5) is 0 Å². The molecule has 7 heteroatoms. The molecular formula is C10H12N2O4S. The molecule has 2 aliphatic rings. The number of thioether (sulfide) groups is 1. The van der Waals surface area contributed by atoms with Gasteiger partial charge in [-0.3, -0.25) is 19.3 Å². The minimum atomic E-state index is -0.770. The zero-order valence-corrected chi connectivity index (χ0v) is 9.99. The highest BCUT2D eigenvalue weighted by molar-refractivity contribution is 8.08. The minimum absolute atomic E-state index is 0.0189. The summed E-state index contributed by atoms with van der Waals surface area (Å²) in [6.45, 7) is 1.73. The fraction of sp³-hybridized carbons (Fsp3) is 0.500. The maximum absolute atomic E-state index is 11.5. The van der Waals surface area contributed by atoms with Crippen LogP contribution < -0.4 is 5.32 Å². The number of imide groups is 1. The molecule has 1 unspecified atom stereocenters. The number of rotatable bonds is 4. The number of aliphatic hydroxyl groups is 1. The molecule has 3 amide bonds. The number of hydrogen-bond donors (Lipinski definition) is 2. The van der Waals surface area contributed by atoms with Crippen LogP contribution in [-0.4, -0.2) is 51.0 Å². The first-order valence-corrected chi connectivity index (χ1v) is 5.98. The van der Waals surface area contributed by atoms with Gasteiger partial charge in [0.1, 0.15) is 11.5 Å². The van der Waals surface area contributed by atoms with Crippen LogP contribution in [0.2, 0.25) is 0 Å². The van der Waals surface area contributed by atoms with Gasteiger partial charge < -0.3 is 10.4 Å². The van der Waals surface area contributed by atoms with Crippen LogP contribution in [0.3, 0.4) is 0 Å². The maximum atomic E-state index is 11.5. The van der Waals surface area contributed by atoms with Gasteiger partial charge in [-0.2, -0.15) is 0 Å². The van der Waals surface area contributed by atoms with E-state index in [1.54, 1.807) is 6.92 Å². The monoisotopic (exact) mass is 256 g/mol. The largest absolute Gasteiger partial charge is 0.379 e. The highest BCUT2D eigenvalue weighted by Gasteiger charge is 2.49. The van der Waals surface area contributed by atoms with Crippen LogP contribution >= 0.6 is 11.8 Å². The fourth-order valence-electron chi connectivity index (χ4n) is 1.48. The Hall–Kier alpha value is -1.34. The first kappa shape index (κ1) is 12.1. The molecule has 92 valence electrons. The van der Waals surface area contributed by atoms with E-state index in [2.05, 4.69) is 5.32 Å². The summed E-state index contributed by atoms with van der Waals surface area (Å²) in [4.78, 5) is 33.9. The van der Waals surface area contributed by atoms with E-state index in [9.17, 15) is 19.5 Å². The summed E-state index contributed by atoms with van der Waals surface area (Å²) in [5.74, 6) is -1.35. The Bertz CT molecular complexity index is 401. The van der Waals surface area contributed by atoms with Gasteiger partial charge in [0, 0.05) is 18.7 Å². The van der Waals surface area contributed by atoms with Gasteiger partial charge in [0.25, 0.3) is 11.8 Å². The zero-order valence-electron chi connectivity index (χ0n) is 9.17. The highest BCUT2D eigenvalue weighted by atomic mass is 32.2. The number of amides is 3. The Morgan fingerprint density at radius 3 is 2.53 bits per heavy atom. The van der Waals surface area contributed by atoms with Crippen molar-refractivity contribution in [3.8, 4) is 0 Å². The van der Waals surface area contributed by atoms with Crippen molar-refractivity contribution < 1.29 is 19.5 Å². The molecule has 0 aromatic heterocycles. The number of nitrogens with zero attached hydrogens (tertiary/aromatic N) is 1. The van der Waals surface area contributed by atoms with Crippen LogP contribution in [0.15, 0.2) is 12.2 Å². The van der Waals surface area contributed by atoms with E-state index in [1.807, 2.05) is 0 Å². The molecular weight excluding hydrogens is 244 g/mol. The Morgan fingerprint density at radius 2 is 2.06 bits per heavy atom. The summed E-state index contributed by atoms with van der Waals surface area (Å²) < 4.78 is 0. The van der Waals surface area contributed by atoms with Crippen LogP contribution in [0.25, 0.3) is 0 Å². The standard InChI is InChI=1S/C10H12N2O4S/c1-10(16)6(17-10)4-11-7(13)5-12-8(14)2-3-9(12)15/h2-3,6,16H,4-5H2,1H3,(H,11,13)/t6?,10-/m0/s1. The Balaban J connectivity index is 1.75. The summed E-state index contributed by atoms with van der Waals surface area (Å²) in [5, 5.41) is 12.0. The van der Waals surface area contributed by atoms with Gasteiger partial charge in [0.2, 0.25) is 5.91 Å². The lowest BCUT2D eigenvalue weighted by atomic mass is 10.3. The van der Waals surface area contributed by atoms with Gasteiger partial charge in [-0.25, -0.2) is 0 Å². The normalized spacial score (nSPS) is 30.9. The third-order valence-corrected chi connectivity index (χ3v) is 4.03. The number of carbonyl (C=O) groups excluding carboxylic acids is 3. The molecule has 0 bridgehead atoms. The summed E-state index contributed by atoms with van der Waals surface area (Å²) in [5.41, 5.74) is 0. The third-order valence-electron chi connectivity index (χ3n) is 2.61. The number of nitrogens with one attached hydrogen (secondary N) is 1. The molecule has 0 saturated carbocycles. The van der Waals surface area contributed by atoms with Crippen molar-refractivity contribution in [2.75, 3.05) is 13.1 Å². The average Bonchev–Trinajstić information content (AvgIpc) is 2.75. The summed E-state index contributed by atoms with van der Waals surface area (Å²) in [6.07, 6.45) is 2.27. The first-order chi connectivity index (χ1) is 7.90. The van der Waals surface area contributed by atoms with Crippen LogP contribution in [0.5, 0.6) is 0 Å². The van der Waals surface area contributed by atoms with Crippen molar-refractivity contribution in [3.63, 3.8) is 0 Å². The van der Waals surface area contributed by atoms with Gasteiger partial charge >= 0.3 is 0 Å². The van der Waals surface area contributed by atoms with Crippen LogP contribution in [0, 0.1) is 0 Å². The topological polar surface area (TPSA) is 86.7 Å². The quantitative estimate of drug-likeness (QED) is 0.490. The van der Waals surface area contributed by atoms with Crippen LogP contribution in [0.1, 0.15) is 6.92 Å². The molecule has 0 spiro atoms. The van der Waals surface area contributed by atoms with E-state index in [-0.39, 0.29) is 11.8 Å². The molecule has 2 heterocycles. The van der Waals surface area contributed by atoms with Crippen molar-refractivity contribution in [3.05, 3.63) is 12.2 Å². The van der Waals surface area contributed by atoms with Gasteiger partial charge in [-0.15, -0.1) is 11.8 Å². The lowest BCUT2D eigenvalue weighted by Gasteiger charge is -2.13. The predicted octanol–water partition coefficient (Wildman–Crippen LogP) is -1.15. The van der Waals surface area contributed by atoms with E-state index in [4.69, 9.17) is 0 Å². The Kier molecular flexibility index (Phi) is 2.96. The Labute approximate surface area is 102 Å². The summed E-state index contributed by atoms with van der Waals surface area (Å²) in [7, 11) is 0. The fourth-order valence-corrected chi connectivity index (χ4v) is 2.24. The lowest BCUT2D eigenvalue weighted by Crippen LogP contribution is -2.41.